The molecule has 1 unspecified atom stereocenters. The quantitative estimate of drug-likeness (QED) is 0.124. The van der Waals surface area contributed by atoms with Gasteiger partial charge in [0.05, 0.1) is 11.9 Å². The van der Waals surface area contributed by atoms with Gasteiger partial charge in [-0.15, -0.1) is 4.91 Å². The van der Waals surface area contributed by atoms with E-state index < -0.39 is 8.45 Å². The lowest BCUT2D eigenvalue weighted by Crippen LogP contribution is -2.38. The molecule has 0 bridgehead atoms. The third kappa shape index (κ3) is 7.61. The van der Waals surface area contributed by atoms with E-state index >= 15 is 0 Å². The molecule has 1 aliphatic heterocycles. The Morgan fingerprint density at radius 2 is 2.11 bits per heavy atom. The highest BCUT2D eigenvalue weighted by Crippen LogP contribution is 2.32. The Labute approximate surface area is 227 Å². The Morgan fingerprint density at radius 3 is 2.92 bits per heavy atom. The van der Waals surface area contributed by atoms with E-state index in [-0.39, 0.29) is 0 Å². The van der Waals surface area contributed by atoms with Gasteiger partial charge in [-0.1, -0.05) is 48.6 Å². The lowest BCUT2D eigenvalue weighted by molar-refractivity contribution is 0.623. The second kappa shape index (κ2) is 14.6. The molecule has 1 aromatic heterocycles. The minimum Gasteiger partial charge on any atom is -0.366 e. The molecule has 196 valence electrons. The Balaban J connectivity index is 1.73. The van der Waals surface area contributed by atoms with Gasteiger partial charge in [0.2, 0.25) is 0 Å². The van der Waals surface area contributed by atoms with Gasteiger partial charge in [-0.25, -0.2) is 9.97 Å². The molecule has 1 atom stereocenters. The summed E-state index contributed by atoms with van der Waals surface area (Å²) >= 11 is 1.10. The number of nitroso groups, excluding NO2 is 1. The van der Waals surface area contributed by atoms with Crippen molar-refractivity contribution >= 4 is 55.9 Å². The largest absolute Gasteiger partial charge is 0.366 e. The molecule has 1 aromatic rings. The van der Waals surface area contributed by atoms with E-state index in [0.29, 0.717) is 18.9 Å². The van der Waals surface area contributed by atoms with Gasteiger partial charge in [0.15, 0.2) is 5.82 Å². The first-order chi connectivity index (χ1) is 18.7. The van der Waals surface area contributed by atoms with Crippen LogP contribution in [0, 0.1) is 4.91 Å². The second-order valence-corrected chi connectivity index (χ2v) is 10.6. The van der Waals surface area contributed by atoms with Crippen LogP contribution in [0.25, 0.3) is 17.2 Å². The summed E-state index contributed by atoms with van der Waals surface area (Å²) in [5, 5.41) is 5.51. The van der Waals surface area contributed by atoms with Gasteiger partial charge in [0, 0.05) is 46.7 Å². The molecule has 0 aromatic carbocycles. The maximum absolute atomic E-state index is 10.6. The maximum Gasteiger partial charge on any atom is 0.288 e. The Hall–Kier alpha value is -3.30. The van der Waals surface area contributed by atoms with E-state index in [1.807, 2.05) is 36.5 Å². The van der Waals surface area contributed by atoms with E-state index in [9.17, 15) is 9.80 Å². The number of aliphatic imine (C=N–C) groups is 2. The van der Waals surface area contributed by atoms with Crippen molar-refractivity contribution in [3.8, 4) is 0 Å². The van der Waals surface area contributed by atoms with Crippen LogP contribution < -0.4 is 20.4 Å². The van der Waals surface area contributed by atoms with Crippen LogP contribution in [-0.2, 0) is 0 Å². The van der Waals surface area contributed by atoms with Crippen molar-refractivity contribution in [3.63, 3.8) is 0 Å². The predicted octanol–water partition coefficient (Wildman–Crippen LogP) is 4.28. The molecule has 11 heteroatoms. The lowest BCUT2D eigenvalue weighted by atomic mass is 9.90. The average Bonchev–Trinajstić information content (AvgIpc) is 3.21. The summed E-state index contributed by atoms with van der Waals surface area (Å²) in [4.78, 5) is 41.7. The molecule has 0 saturated heterocycles. The fraction of sp³-hybridized carbons (Fsp3) is 0.259. The molecule has 38 heavy (non-hydrogen) atoms. The smallest absolute Gasteiger partial charge is 0.288 e. The van der Waals surface area contributed by atoms with Crippen LogP contribution in [0.15, 0.2) is 80.1 Å². The summed E-state index contributed by atoms with van der Waals surface area (Å²) in [6.45, 7) is 1.07. The molecule has 0 spiro atoms. The highest BCUT2D eigenvalue weighted by molar-refractivity contribution is 8.05. The number of rotatable bonds is 11. The Morgan fingerprint density at radius 1 is 1.18 bits per heavy atom. The zero-order chi connectivity index (χ0) is 26.6. The first kappa shape index (κ1) is 27.7. The van der Waals surface area contributed by atoms with E-state index in [4.69, 9.17) is 9.97 Å². The summed E-state index contributed by atoms with van der Waals surface area (Å²) < 4.78 is 2.63. The van der Waals surface area contributed by atoms with Crippen molar-refractivity contribution in [3.05, 3.63) is 86.5 Å². The van der Waals surface area contributed by atoms with Crippen LogP contribution in [-0.4, -0.2) is 47.4 Å². The van der Waals surface area contributed by atoms with Crippen LogP contribution in [0.1, 0.15) is 31.5 Å². The maximum atomic E-state index is 10.6. The van der Waals surface area contributed by atoms with Gasteiger partial charge in [-0.2, -0.15) is 4.49 Å². The number of nitrogens with one attached hydrogen (secondary N) is 2. The average molecular weight is 548 g/mol. The van der Waals surface area contributed by atoms with Crippen LogP contribution in [0.2, 0.25) is 0 Å². The monoisotopic (exact) mass is 547 g/mol. The summed E-state index contributed by atoms with van der Waals surface area (Å²) in [5.41, 5.74) is 3.46. The van der Waals surface area contributed by atoms with Gasteiger partial charge in [-0.3, -0.25) is 9.98 Å². The molecular formula is C27H30N7O2PS. The lowest BCUT2D eigenvalue weighted by Gasteiger charge is -2.19. The third-order valence-electron chi connectivity index (χ3n) is 5.87. The SMILES string of the molecule is C\N=C/C=C\C=C\CNc1nc(C2=CCN=CC(SNP(O)N=O)=C2)nc2c1=C(C1=CC=CCC1)CCC=2. The van der Waals surface area contributed by atoms with Gasteiger partial charge in [0.25, 0.3) is 8.45 Å². The van der Waals surface area contributed by atoms with Crippen molar-refractivity contribution in [1.82, 2.24) is 14.5 Å². The van der Waals surface area contributed by atoms with Crippen LogP contribution >= 0.6 is 20.4 Å². The number of fused-ring (bicyclic) bond motifs is 1. The van der Waals surface area contributed by atoms with E-state index in [0.717, 1.165) is 64.5 Å². The number of allylic oxidation sites excluding steroid dienone is 10. The predicted molar refractivity (Wildman–Crippen MR) is 161 cm³/mol. The molecule has 2 heterocycles. The molecule has 0 radical (unpaired) electrons. The fourth-order valence-electron chi connectivity index (χ4n) is 4.20. The second-order valence-electron chi connectivity index (χ2n) is 8.40. The van der Waals surface area contributed by atoms with Crippen molar-refractivity contribution < 1.29 is 4.89 Å². The van der Waals surface area contributed by atoms with Crippen LogP contribution in [0.4, 0.5) is 5.82 Å². The molecule has 0 amide bonds. The molecule has 0 saturated carbocycles. The molecular weight excluding hydrogens is 517 g/mol. The molecule has 9 nitrogen and oxygen atoms in total. The molecule has 3 N–H and O–H groups in total. The van der Waals surface area contributed by atoms with E-state index in [1.54, 1.807) is 19.5 Å². The third-order valence-corrected chi connectivity index (χ3v) is 7.50. The number of hydrogen-bond donors (Lipinski definition) is 3. The highest BCUT2D eigenvalue weighted by atomic mass is 32.2. The van der Waals surface area contributed by atoms with Crippen molar-refractivity contribution in [1.29, 1.82) is 0 Å². The standard InChI is InChI=1S/C27H30N7O2PS/c1-28-15-7-2-3-8-16-30-27-25-23(20-10-5-4-6-11-20)12-9-13-24(25)31-26(32-27)21-14-17-29-19-22(18-21)38-34-37(36)33-35/h2-5,7-8,10,13-15,18-19,34,36H,6,9,11-12,16-17H2,1H3,(H,30,31,32)/b7-2-,8-3+,28-15-. The van der Waals surface area contributed by atoms with Gasteiger partial charge < -0.3 is 10.2 Å². The minimum atomic E-state index is -2.14. The van der Waals surface area contributed by atoms with Gasteiger partial charge in [0.1, 0.15) is 5.82 Å². The topological polar surface area (TPSA) is 124 Å². The zero-order valence-electron chi connectivity index (χ0n) is 21.1. The van der Waals surface area contributed by atoms with Gasteiger partial charge >= 0.3 is 0 Å². The van der Waals surface area contributed by atoms with Crippen LogP contribution in [0.3, 0.4) is 0 Å². The van der Waals surface area contributed by atoms with Crippen LogP contribution in [0.5, 0.6) is 0 Å². The summed E-state index contributed by atoms with van der Waals surface area (Å²) in [6, 6.07) is 0. The number of aromatic nitrogens is 2. The summed E-state index contributed by atoms with van der Waals surface area (Å²) in [5.74, 6) is 1.39. The number of nitrogens with zero attached hydrogens (tertiary/aromatic N) is 5. The normalized spacial score (nSPS) is 18.2. The first-order valence-electron chi connectivity index (χ1n) is 12.3. The van der Waals surface area contributed by atoms with Crippen molar-refractivity contribution in [2.24, 2.45) is 14.9 Å². The number of hydrogen-bond acceptors (Lipinski definition) is 10. The Bertz CT molecular complexity index is 1410. The molecule has 4 rings (SSSR count). The minimum absolute atomic E-state index is 0.468. The molecule has 3 aliphatic rings. The van der Waals surface area contributed by atoms with Crippen molar-refractivity contribution in [2.75, 3.05) is 25.5 Å². The van der Waals surface area contributed by atoms with E-state index in [1.165, 1.54) is 11.1 Å². The Kier molecular flexibility index (Phi) is 10.6. The number of anilines is 1. The van der Waals surface area contributed by atoms with E-state index in [2.05, 4.69) is 49.0 Å². The zero-order valence-corrected chi connectivity index (χ0v) is 22.8. The molecule has 0 fully saturated rings. The van der Waals surface area contributed by atoms with Gasteiger partial charge in [-0.05, 0) is 60.9 Å². The first-order valence-corrected chi connectivity index (χ1v) is 14.4. The highest BCUT2D eigenvalue weighted by Gasteiger charge is 2.18. The van der Waals surface area contributed by atoms with Crippen molar-refractivity contribution in [2.45, 2.75) is 25.7 Å². The summed E-state index contributed by atoms with van der Waals surface area (Å²) in [7, 11) is -0.395. The summed E-state index contributed by atoms with van der Waals surface area (Å²) in [6.07, 6.45) is 27.8. The molecule has 2 aliphatic carbocycles. The fourth-order valence-corrected chi connectivity index (χ4v) is 5.40.